The summed E-state index contributed by atoms with van der Waals surface area (Å²) in [6.07, 6.45) is 3.65. The molecule has 0 saturated carbocycles. The summed E-state index contributed by atoms with van der Waals surface area (Å²) in [6, 6.07) is 8.20. The normalized spacial score (nSPS) is 9.81. The fourth-order valence-corrected chi connectivity index (χ4v) is 1.33. The quantitative estimate of drug-likeness (QED) is 0.417. The number of aryl methyl sites for hydroxylation is 2. The highest BCUT2D eigenvalue weighted by molar-refractivity contribution is 5.69. The summed E-state index contributed by atoms with van der Waals surface area (Å²) >= 11 is 0. The van der Waals surface area contributed by atoms with Crippen LogP contribution in [0.4, 0.5) is 0 Å². The van der Waals surface area contributed by atoms with Gasteiger partial charge >= 0.3 is 5.97 Å². The summed E-state index contributed by atoms with van der Waals surface area (Å²) in [5, 5.41) is 0. The van der Waals surface area contributed by atoms with Crippen molar-refractivity contribution in [3.63, 3.8) is 0 Å². The summed E-state index contributed by atoms with van der Waals surface area (Å²) in [4.78, 5) is 11.3. The number of esters is 1. The van der Waals surface area contributed by atoms with Crippen LogP contribution in [-0.4, -0.2) is 12.6 Å². The number of carbonyl (C=O) groups is 1. The standard InChI is InChI=1S/C14H18O2/c1-3-4-11-16-14(15)10-9-13-7-5-12(2)6-8-13/h3,5-8H,1,4,9-11H2,2H3. The Hall–Kier alpha value is -1.57. The van der Waals surface area contributed by atoms with E-state index >= 15 is 0 Å². The van der Waals surface area contributed by atoms with Crippen molar-refractivity contribution in [1.82, 2.24) is 0 Å². The minimum atomic E-state index is -0.137. The molecule has 0 spiro atoms. The van der Waals surface area contributed by atoms with Crippen LogP contribution in [0.2, 0.25) is 0 Å². The van der Waals surface area contributed by atoms with E-state index in [1.54, 1.807) is 6.08 Å². The van der Waals surface area contributed by atoms with Gasteiger partial charge in [0, 0.05) is 6.42 Å². The van der Waals surface area contributed by atoms with Crippen molar-refractivity contribution in [2.75, 3.05) is 6.61 Å². The van der Waals surface area contributed by atoms with Crippen molar-refractivity contribution in [3.8, 4) is 0 Å². The van der Waals surface area contributed by atoms with Crippen LogP contribution in [0.5, 0.6) is 0 Å². The van der Waals surface area contributed by atoms with Gasteiger partial charge in [-0.1, -0.05) is 35.9 Å². The second kappa shape index (κ2) is 6.83. The highest BCUT2D eigenvalue weighted by Crippen LogP contribution is 2.06. The lowest BCUT2D eigenvalue weighted by Crippen LogP contribution is -2.06. The first-order chi connectivity index (χ1) is 7.72. The zero-order valence-corrected chi connectivity index (χ0v) is 9.74. The number of carbonyl (C=O) groups excluding carboxylic acids is 1. The number of ether oxygens (including phenoxy) is 1. The average molecular weight is 218 g/mol. The van der Waals surface area contributed by atoms with Crippen molar-refractivity contribution in [2.45, 2.75) is 26.2 Å². The summed E-state index contributed by atoms with van der Waals surface area (Å²) < 4.78 is 5.02. The lowest BCUT2D eigenvalue weighted by atomic mass is 10.1. The molecule has 0 aromatic heterocycles. The van der Waals surface area contributed by atoms with Gasteiger partial charge in [-0.05, 0) is 25.3 Å². The maximum absolute atomic E-state index is 11.3. The van der Waals surface area contributed by atoms with E-state index in [1.807, 2.05) is 19.1 Å². The lowest BCUT2D eigenvalue weighted by molar-refractivity contribution is -0.143. The van der Waals surface area contributed by atoms with Gasteiger partial charge in [-0.3, -0.25) is 4.79 Å². The van der Waals surface area contributed by atoms with Crippen LogP contribution in [0.25, 0.3) is 0 Å². The van der Waals surface area contributed by atoms with E-state index in [1.165, 1.54) is 11.1 Å². The minimum Gasteiger partial charge on any atom is -0.465 e. The Labute approximate surface area is 96.9 Å². The van der Waals surface area contributed by atoms with E-state index in [0.29, 0.717) is 13.0 Å². The molecular weight excluding hydrogens is 200 g/mol. The highest BCUT2D eigenvalue weighted by atomic mass is 16.5. The minimum absolute atomic E-state index is 0.137. The number of hydrogen-bond donors (Lipinski definition) is 0. The van der Waals surface area contributed by atoms with E-state index in [0.717, 1.165) is 12.8 Å². The molecule has 0 aliphatic carbocycles. The van der Waals surface area contributed by atoms with Gasteiger partial charge < -0.3 is 4.74 Å². The van der Waals surface area contributed by atoms with Gasteiger partial charge in [-0.25, -0.2) is 0 Å². The van der Waals surface area contributed by atoms with Gasteiger partial charge in [0.2, 0.25) is 0 Å². The van der Waals surface area contributed by atoms with Crippen molar-refractivity contribution in [1.29, 1.82) is 0 Å². The fraction of sp³-hybridized carbons (Fsp3) is 0.357. The molecule has 1 rings (SSSR count). The van der Waals surface area contributed by atoms with Crippen molar-refractivity contribution < 1.29 is 9.53 Å². The molecule has 86 valence electrons. The fourth-order valence-electron chi connectivity index (χ4n) is 1.33. The van der Waals surface area contributed by atoms with Gasteiger partial charge in [-0.15, -0.1) is 6.58 Å². The van der Waals surface area contributed by atoms with Crippen LogP contribution in [0.3, 0.4) is 0 Å². The summed E-state index contributed by atoms with van der Waals surface area (Å²) in [5.74, 6) is -0.137. The smallest absolute Gasteiger partial charge is 0.306 e. The van der Waals surface area contributed by atoms with Crippen LogP contribution >= 0.6 is 0 Å². The molecule has 0 heterocycles. The molecule has 2 nitrogen and oxygen atoms in total. The molecule has 16 heavy (non-hydrogen) atoms. The SMILES string of the molecule is C=CCCOC(=O)CCc1ccc(C)cc1. The van der Waals surface area contributed by atoms with E-state index in [2.05, 4.69) is 18.7 Å². The molecule has 0 aliphatic rings. The molecule has 2 heteroatoms. The first kappa shape index (κ1) is 12.5. The Bertz CT molecular complexity index is 338. The Morgan fingerprint density at radius 2 is 2.06 bits per heavy atom. The van der Waals surface area contributed by atoms with Gasteiger partial charge in [0.1, 0.15) is 0 Å². The van der Waals surface area contributed by atoms with Gasteiger partial charge in [0.05, 0.1) is 6.61 Å². The molecule has 0 radical (unpaired) electrons. The zero-order chi connectivity index (χ0) is 11.8. The third-order valence-corrected chi connectivity index (χ3v) is 2.32. The first-order valence-corrected chi connectivity index (χ1v) is 5.54. The van der Waals surface area contributed by atoms with Crippen LogP contribution in [0.1, 0.15) is 24.0 Å². The zero-order valence-electron chi connectivity index (χ0n) is 9.74. The van der Waals surface area contributed by atoms with Crippen LogP contribution in [0, 0.1) is 6.92 Å². The molecule has 0 aliphatic heterocycles. The van der Waals surface area contributed by atoms with Gasteiger partial charge in [0.15, 0.2) is 0 Å². The Morgan fingerprint density at radius 3 is 2.69 bits per heavy atom. The van der Waals surface area contributed by atoms with Crippen molar-refractivity contribution >= 4 is 5.97 Å². The largest absolute Gasteiger partial charge is 0.465 e. The third-order valence-electron chi connectivity index (χ3n) is 2.32. The Kier molecular flexibility index (Phi) is 5.34. The molecule has 0 atom stereocenters. The van der Waals surface area contributed by atoms with E-state index in [4.69, 9.17) is 4.74 Å². The van der Waals surface area contributed by atoms with Gasteiger partial charge in [-0.2, -0.15) is 0 Å². The van der Waals surface area contributed by atoms with Crippen LogP contribution < -0.4 is 0 Å². The summed E-state index contributed by atoms with van der Waals surface area (Å²) in [5.41, 5.74) is 2.41. The number of rotatable bonds is 6. The molecule has 0 bridgehead atoms. The highest BCUT2D eigenvalue weighted by Gasteiger charge is 2.02. The maximum Gasteiger partial charge on any atom is 0.306 e. The maximum atomic E-state index is 11.3. The second-order valence-electron chi connectivity index (χ2n) is 3.78. The number of benzene rings is 1. The van der Waals surface area contributed by atoms with E-state index < -0.39 is 0 Å². The van der Waals surface area contributed by atoms with Crippen LogP contribution in [0.15, 0.2) is 36.9 Å². The molecule has 1 aromatic carbocycles. The van der Waals surface area contributed by atoms with E-state index in [9.17, 15) is 4.79 Å². The van der Waals surface area contributed by atoms with E-state index in [-0.39, 0.29) is 5.97 Å². The second-order valence-corrected chi connectivity index (χ2v) is 3.78. The molecule has 0 amide bonds. The third kappa shape index (κ3) is 4.78. The average Bonchev–Trinajstić information content (AvgIpc) is 2.29. The monoisotopic (exact) mass is 218 g/mol. The summed E-state index contributed by atoms with van der Waals surface area (Å²) in [7, 11) is 0. The molecular formula is C14H18O2. The predicted octanol–water partition coefficient (Wildman–Crippen LogP) is 3.05. The Morgan fingerprint density at radius 1 is 1.38 bits per heavy atom. The molecule has 0 fully saturated rings. The summed E-state index contributed by atoms with van der Waals surface area (Å²) in [6.45, 7) is 6.06. The van der Waals surface area contributed by atoms with Gasteiger partial charge in [0.25, 0.3) is 0 Å². The molecule has 0 unspecified atom stereocenters. The van der Waals surface area contributed by atoms with Crippen molar-refractivity contribution in [3.05, 3.63) is 48.0 Å². The first-order valence-electron chi connectivity index (χ1n) is 5.54. The lowest BCUT2D eigenvalue weighted by Gasteiger charge is -2.03. The topological polar surface area (TPSA) is 26.3 Å². The number of hydrogen-bond acceptors (Lipinski definition) is 2. The van der Waals surface area contributed by atoms with Crippen LogP contribution in [-0.2, 0) is 16.0 Å². The molecule has 0 N–H and O–H groups in total. The molecule has 1 aromatic rings. The predicted molar refractivity (Wildman–Crippen MR) is 65.3 cm³/mol. The van der Waals surface area contributed by atoms with Crippen molar-refractivity contribution in [2.24, 2.45) is 0 Å². The molecule has 0 saturated heterocycles. The Balaban J connectivity index is 2.26.